The van der Waals surface area contributed by atoms with Gasteiger partial charge in [-0.2, -0.15) is 0 Å². The van der Waals surface area contributed by atoms with E-state index in [0.29, 0.717) is 6.04 Å². The second-order valence-corrected chi connectivity index (χ2v) is 5.71. The molecule has 1 N–H and O–H groups in total. The van der Waals surface area contributed by atoms with E-state index in [1.165, 1.54) is 42.7 Å². The van der Waals surface area contributed by atoms with Crippen molar-refractivity contribution in [3.05, 3.63) is 59.9 Å². The molecule has 0 amide bonds. The maximum atomic E-state index is 4.08. The van der Waals surface area contributed by atoms with Crippen molar-refractivity contribution in [2.45, 2.75) is 32.4 Å². The summed E-state index contributed by atoms with van der Waals surface area (Å²) in [7, 11) is 0. The highest BCUT2D eigenvalue weighted by atomic mass is 15.1. The van der Waals surface area contributed by atoms with Crippen LogP contribution in [0, 0.1) is 0 Å². The minimum absolute atomic E-state index is 0.333. The van der Waals surface area contributed by atoms with E-state index in [1.807, 2.05) is 12.4 Å². The molecular formula is C18H23N3. The summed E-state index contributed by atoms with van der Waals surface area (Å²) in [6.45, 7) is 5.48. The SMILES string of the molecule is C[C@H](NCc1ccccc1N1CCCC1)c1ccncc1. The summed E-state index contributed by atoms with van der Waals surface area (Å²) in [5.41, 5.74) is 4.06. The lowest BCUT2D eigenvalue weighted by atomic mass is 10.1. The molecule has 0 saturated carbocycles. The Morgan fingerprint density at radius 2 is 1.81 bits per heavy atom. The molecule has 1 atom stereocenters. The third kappa shape index (κ3) is 3.42. The van der Waals surface area contributed by atoms with Gasteiger partial charge in [0.15, 0.2) is 0 Å². The van der Waals surface area contributed by atoms with Gasteiger partial charge in [-0.1, -0.05) is 18.2 Å². The van der Waals surface area contributed by atoms with Crippen LogP contribution in [0.25, 0.3) is 0 Å². The van der Waals surface area contributed by atoms with Gasteiger partial charge in [0.2, 0.25) is 0 Å². The first kappa shape index (κ1) is 14.1. The van der Waals surface area contributed by atoms with Crippen LogP contribution in [-0.2, 0) is 6.54 Å². The van der Waals surface area contributed by atoms with Crippen molar-refractivity contribution in [2.24, 2.45) is 0 Å². The van der Waals surface area contributed by atoms with E-state index in [9.17, 15) is 0 Å². The van der Waals surface area contributed by atoms with Crippen LogP contribution in [0.4, 0.5) is 5.69 Å². The number of anilines is 1. The van der Waals surface area contributed by atoms with Gasteiger partial charge in [0.05, 0.1) is 0 Å². The Balaban J connectivity index is 1.68. The van der Waals surface area contributed by atoms with E-state index >= 15 is 0 Å². The van der Waals surface area contributed by atoms with Crippen LogP contribution in [0.3, 0.4) is 0 Å². The second-order valence-electron chi connectivity index (χ2n) is 5.71. The smallest absolute Gasteiger partial charge is 0.0411 e. The van der Waals surface area contributed by atoms with Gasteiger partial charge in [0.25, 0.3) is 0 Å². The molecule has 1 aliphatic heterocycles. The topological polar surface area (TPSA) is 28.2 Å². The van der Waals surface area contributed by atoms with E-state index in [0.717, 1.165) is 6.54 Å². The lowest BCUT2D eigenvalue weighted by Crippen LogP contribution is -2.23. The standard InChI is InChI=1S/C18H23N3/c1-15(16-8-10-19-11-9-16)20-14-17-6-2-3-7-18(17)21-12-4-5-13-21/h2-3,6-11,15,20H,4-5,12-14H2,1H3/t15-/m0/s1. The number of para-hydroxylation sites is 1. The summed E-state index contributed by atoms with van der Waals surface area (Å²) in [5, 5.41) is 3.62. The predicted molar refractivity (Wildman–Crippen MR) is 87.4 cm³/mol. The molecule has 21 heavy (non-hydrogen) atoms. The summed E-state index contributed by atoms with van der Waals surface area (Å²) < 4.78 is 0. The Labute approximate surface area is 127 Å². The van der Waals surface area contributed by atoms with Crippen LogP contribution < -0.4 is 10.2 Å². The van der Waals surface area contributed by atoms with Crippen molar-refractivity contribution in [2.75, 3.05) is 18.0 Å². The first-order chi connectivity index (χ1) is 10.3. The van der Waals surface area contributed by atoms with E-state index < -0.39 is 0 Å². The molecule has 0 radical (unpaired) electrons. The number of benzene rings is 1. The van der Waals surface area contributed by atoms with Crippen LogP contribution >= 0.6 is 0 Å². The van der Waals surface area contributed by atoms with Gasteiger partial charge < -0.3 is 10.2 Å². The summed E-state index contributed by atoms with van der Waals surface area (Å²) in [6, 6.07) is 13.2. The zero-order valence-corrected chi connectivity index (χ0v) is 12.6. The molecule has 1 fully saturated rings. The predicted octanol–water partition coefficient (Wildman–Crippen LogP) is 3.53. The molecule has 0 bridgehead atoms. The van der Waals surface area contributed by atoms with Gasteiger partial charge in [0.1, 0.15) is 0 Å². The van der Waals surface area contributed by atoms with Crippen molar-refractivity contribution in [3.63, 3.8) is 0 Å². The van der Waals surface area contributed by atoms with Gasteiger partial charge in [-0.3, -0.25) is 4.98 Å². The lowest BCUT2D eigenvalue weighted by molar-refractivity contribution is 0.574. The monoisotopic (exact) mass is 281 g/mol. The number of aromatic nitrogens is 1. The third-order valence-electron chi connectivity index (χ3n) is 4.24. The fraction of sp³-hybridized carbons (Fsp3) is 0.389. The number of pyridine rings is 1. The fourth-order valence-electron chi connectivity index (χ4n) is 2.96. The van der Waals surface area contributed by atoms with E-state index in [2.05, 4.69) is 58.5 Å². The quantitative estimate of drug-likeness (QED) is 0.908. The highest BCUT2D eigenvalue weighted by Gasteiger charge is 2.15. The first-order valence-electron chi connectivity index (χ1n) is 7.81. The Kier molecular flexibility index (Phi) is 4.51. The summed E-state index contributed by atoms with van der Waals surface area (Å²) in [4.78, 5) is 6.59. The fourth-order valence-corrected chi connectivity index (χ4v) is 2.96. The Bertz CT molecular complexity index is 562. The van der Waals surface area contributed by atoms with Gasteiger partial charge >= 0.3 is 0 Å². The molecule has 2 heterocycles. The van der Waals surface area contributed by atoms with Crippen LogP contribution in [0.1, 0.15) is 36.9 Å². The molecule has 3 rings (SSSR count). The lowest BCUT2D eigenvalue weighted by Gasteiger charge is -2.22. The van der Waals surface area contributed by atoms with Gasteiger partial charge in [-0.05, 0) is 49.1 Å². The average Bonchev–Trinajstić information content (AvgIpc) is 3.08. The highest BCUT2D eigenvalue weighted by Crippen LogP contribution is 2.25. The van der Waals surface area contributed by atoms with E-state index in [1.54, 1.807) is 0 Å². The van der Waals surface area contributed by atoms with Gasteiger partial charge in [0, 0.05) is 43.8 Å². The van der Waals surface area contributed by atoms with Gasteiger partial charge in [-0.15, -0.1) is 0 Å². The van der Waals surface area contributed by atoms with Crippen LogP contribution in [0.2, 0.25) is 0 Å². The molecule has 1 aromatic carbocycles. The number of hydrogen-bond donors (Lipinski definition) is 1. The largest absolute Gasteiger partial charge is 0.371 e. The van der Waals surface area contributed by atoms with Crippen LogP contribution in [-0.4, -0.2) is 18.1 Å². The number of nitrogens with zero attached hydrogens (tertiary/aromatic N) is 2. The van der Waals surface area contributed by atoms with Crippen molar-refractivity contribution in [3.8, 4) is 0 Å². The Morgan fingerprint density at radius 1 is 1.10 bits per heavy atom. The van der Waals surface area contributed by atoms with Gasteiger partial charge in [-0.25, -0.2) is 0 Å². The van der Waals surface area contributed by atoms with Crippen LogP contribution in [0.15, 0.2) is 48.8 Å². The Hall–Kier alpha value is -1.87. The Morgan fingerprint density at radius 3 is 2.57 bits per heavy atom. The van der Waals surface area contributed by atoms with Crippen molar-refractivity contribution < 1.29 is 0 Å². The molecule has 1 saturated heterocycles. The summed E-state index contributed by atoms with van der Waals surface area (Å²) >= 11 is 0. The molecule has 2 aromatic rings. The normalized spacial score (nSPS) is 16.1. The maximum Gasteiger partial charge on any atom is 0.0411 e. The summed E-state index contributed by atoms with van der Waals surface area (Å²) in [6.07, 6.45) is 6.34. The molecule has 1 aromatic heterocycles. The number of hydrogen-bond acceptors (Lipinski definition) is 3. The average molecular weight is 281 g/mol. The summed E-state index contributed by atoms with van der Waals surface area (Å²) in [5.74, 6) is 0. The van der Waals surface area contributed by atoms with Crippen LogP contribution in [0.5, 0.6) is 0 Å². The minimum Gasteiger partial charge on any atom is -0.371 e. The minimum atomic E-state index is 0.333. The van der Waals surface area contributed by atoms with Crippen molar-refractivity contribution >= 4 is 5.69 Å². The zero-order chi connectivity index (χ0) is 14.5. The molecule has 0 spiro atoms. The number of nitrogens with one attached hydrogen (secondary N) is 1. The van der Waals surface area contributed by atoms with E-state index in [4.69, 9.17) is 0 Å². The number of rotatable bonds is 5. The third-order valence-corrected chi connectivity index (χ3v) is 4.24. The molecular weight excluding hydrogens is 258 g/mol. The second kappa shape index (κ2) is 6.72. The van der Waals surface area contributed by atoms with E-state index in [-0.39, 0.29) is 0 Å². The molecule has 3 nitrogen and oxygen atoms in total. The van der Waals surface area contributed by atoms with Crippen molar-refractivity contribution in [1.82, 2.24) is 10.3 Å². The van der Waals surface area contributed by atoms with Crippen molar-refractivity contribution in [1.29, 1.82) is 0 Å². The zero-order valence-electron chi connectivity index (χ0n) is 12.6. The first-order valence-corrected chi connectivity index (χ1v) is 7.81. The molecule has 0 unspecified atom stereocenters. The molecule has 110 valence electrons. The maximum absolute atomic E-state index is 4.08. The molecule has 3 heteroatoms. The highest BCUT2D eigenvalue weighted by molar-refractivity contribution is 5.54. The molecule has 1 aliphatic rings. The molecule has 0 aliphatic carbocycles.